The zero-order chi connectivity index (χ0) is 9.97. The third-order valence-corrected chi connectivity index (χ3v) is 2.20. The van der Waals surface area contributed by atoms with Gasteiger partial charge in [0.1, 0.15) is 11.8 Å². The summed E-state index contributed by atoms with van der Waals surface area (Å²) in [6.07, 6.45) is 3.09. The second kappa shape index (κ2) is 3.40. The zero-order valence-corrected chi connectivity index (χ0v) is 7.82. The minimum atomic E-state index is 0.367. The Kier molecular flexibility index (Phi) is 2.08. The quantitative estimate of drug-likeness (QED) is 0.748. The van der Waals surface area contributed by atoms with Crippen molar-refractivity contribution < 1.29 is 0 Å². The van der Waals surface area contributed by atoms with Gasteiger partial charge in [-0.1, -0.05) is 0 Å². The van der Waals surface area contributed by atoms with E-state index >= 15 is 0 Å². The number of pyridine rings is 1. The summed E-state index contributed by atoms with van der Waals surface area (Å²) in [6, 6.07) is 3.68. The zero-order valence-electron chi connectivity index (χ0n) is 7.01. The fraction of sp³-hybridized carbons (Fsp3) is 0. The van der Waals surface area contributed by atoms with Crippen molar-refractivity contribution in [3.05, 3.63) is 24.0 Å². The number of anilines is 1. The van der Waals surface area contributed by atoms with Gasteiger partial charge in [0.05, 0.1) is 17.3 Å². The van der Waals surface area contributed by atoms with Gasteiger partial charge in [-0.05, 0) is 6.07 Å². The first-order valence-corrected chi connectivity index (χ1v) is 4.48. The summed E-state index contributed by atoms with van der Waals surface area (Å²) in [6.45, 7) is 0. The minimum Gasteiger partial charge on any atom is -0.381 e. The first-order valence-electron chi connectivity index (χ1n) is 3.75. The number of rotatable bonds is 1. The van der Waals surface area contributed by atoms with E-state index in [1.807, 2.05) is 6.07 Å². The van der Waals surface area contributed by atoms with E-state index in [4.69, 9.17) is 11.0 Å². The van der Waals surface area contributed by atoms with Crippen molar-refractivity contribution in [1.29, 1.82) is 5.26 Å². The molecule has 6 heteroatoms. The van der Waals surface area contributed by atoms with Gasteiger partial charge in [0.25, 0.3) is 0 Å². The standard InChI is InChI=1S/C8H5N5S/c9-2-5-1-6(4-11-3-5)7-8(10)13-14-12-7/h1,3-4H,(H2,10,13). The van der Waals surface area contributed by atoms with Crippen molar-refractivity contribution in [3.63, 3.8) is 0 Å². The van der Waals surface area contributed by atoms with Gasteiger partial charge < -0.3 is 5.73 Å². The highest BCUT2D eigenvalue weighted by molar-refractivity contribution is 6.99. The normalized spacial score (nSPS) is 9.64. The summed E-state index contributed by atoms with van der Waals surface area (Å²) in [5.41, 5.74) is 7.37. The lowest BCUT2D eigenvalue weighted by Crippen LogP contribution is -1.89. The van der Waals surface area contributed by atoms with Gasteiger partial charge in [0, 0.05) is 18.0 Å². The predicted molar refractivity (Wildman–Crippen MR) is 52.3 cm³/mol. The molecule has 0 amide bonds. The SMILES string of the molecule is N#Cc1cncc(-c2nsnc2N)c1. The molecule has 2 heterocycles. The molecule has 0 aromatic carbocycles. The molecule has 0 aliphatic carbocycles. The molecule has 0 unspecified atom stereocenters. The van der Waals surface area contributed by atoms with E-state index in [-0.39, 0.29) is 0 Å². The van der Waals surface area contributed by atoms with Crippen molar-refractivity contribution >= 4 is 17.5 Å². The van der Waals surface area contributed by atoms with Crippen LogP contribution in [-0.4, -0.2) is 13.7 Å². The van der Waals surface area contributed by atoms with Crippen molar-refractivity contribution in [1.82, 2.24) is 13.7 Å². The van der Waals surface area contributed by atoms with Crippen LogP contribution in [0.3, 0.4) is 0 Å². The largest absolute Gasteiger partial charge is 0.381 e. The lowest BCUT2D eigenvalue weighted by molar-refractivity contribution is 1.29. The third-order valence-electron chi connectivity index (χ3n) is 1.65. The highest BCUT2D eigenvalue weighted by atomic mass is 32.1. The molecule has 0 atom stereocenters. The van der Waals surface area contributed by atoms with Crippen molar-refractivity contribution in [2.75, 3.05) is 5.73 Å². The van der Waals surface area contributed by atoms with Crippen LogP contribution in [0.15, 0.2) is 18.5 Å². The summed E-state index contributed by atoms with van der Waals surface area (Å²) in [4.78, 5) is 3.91. The van der Waals surface area contributed by atoms with Crippen molar-refractivity contribution in [2.24, 2.45) is 0 Å². The van der Waals surface area contributed by atoms with Gasteiger partial charge in [-0.15, -0.1) is 0 Å². The molecular weight excluding hydrogens is 198 g/mol. The summed E-state index contributed by atoms with van der Waals surface area (Å²) in [5, 5.41) is 8.67. The second-order valence-electron chi connectivity index (χ2n) is 2.57. The van der Waals surface area contributed by atoms with E-state index in [0.717, 1.165) is 17.3 Å². The Morgan fingerprint density at radius 3 is 2.86 bits per heavy atom. The maximum absolute atomic E-state index is 8.67. The van der Waals surface area contributed by atoms with Gasteiger partial charge in [-0.25, -0.2) is 0 Å². The number of aromatic nitrogens is 3. The van der Waals surface area contributed by atoms with Crippen LogP contribution in [0.4, 0.5) is 5.82 Å². The first kappa shape index (κ1) is 8.59. The molecule has 0 saturated carbocycles. The first-order chi connectivity index (χ1) is 6.81. The predicted octanol–water partition coefficient (Wildman–Crippen LogP) is 1.05. The monoisotopic (exact) mass is 203 g/mol. The van der Waals surface area contributed by atoms with Crippen LogP contribution in [0.1, 0.15) is 5.56 Å². The molecule has 2 N–H and O–H groups in total. The van der Waals surface area contributed by atoms with Crippen molar-refractivity contribution in [2.45, 2.75) is 0 Å². The second-order valence-corrected chi connectivity index (χ2v) is 3.10. The number of nitrogens with zero attached hydrogens (tertiary/aromatic N) is 4. The lowest BCUT2D eigenvalue weighted by atomic mass is 10.1. The van der Waals surface area contributed by atoms with Gasteiger partial charge in [-0.3, -0.25) is 4.98 Å². The minimum absolute atomic E-state index is 0.367. The Hall–Kier alpha value is -2.00. The van der Waals surface area contributed by atoms with E-state index < -0.39 is 0 Å². The number of nitrogens with two attached hydrogens (primary N) is 1. The molecule has 0 aliphatic heterocycles. The molecule has 0 bridgehead atoms. The van der Waals surface area contributed by atoms with Gasteiger partial charge in [-0.2, -0.15) is 14.0 Å². The Morgan fingerprint density at radius 2 is 2.21 bits per heavy atom. The molecule has 2 aromatic heterocycles. The maximum atomic E-state index is 8.67. The van der Waals surface area contributed by atoms with E-state index in [9.17, 15) is 0 Å². The summed E-state index contributed by atoms with van der Waals surface area (Å²) in [5.74, 6) is 0.367. The van der Waals surface area contributed by atoms with Crippen LogP contribution >= 0.6 is 11.7 Å². The third kappa shape index (κ3) is 1.41. The molecule has 0 spiro atoms. The number of nitrogen functional groups attached to an aromatic ring is 1. The van der Waals surface area contributed by atoms with Crippen LogP contribution in [0.2, 0.25) is 0 Å². The smallest absolute Gasteiger partial charge is 0.165 e. The highest BCUT2D eigenvalue weighted by Crippen LogP contribution is 2.22. The molecule has 0 saturated heterocycles. The van der Waals surface area contributed by atoms with E-state index in [1.54, 1.807) is 12.3 Å². The topological polar surface area (TPSA) is 88.5 Å². The van der Waals surface area contributed by atoms with Crippen LogP contribution in [0, 0.1) is 11.3 Å². The van der Waals surface area contributed by atoms with E-state index in [1.165, 1.54) is 6.20 Å². The number of hydrogen-bond acceptors (Lipinski definition) is 6. The van der Waals surface area contributed by atoms with E-state index in [0.29, 0.717) is 17.1 Å². The molecule has 68 valence electrons. The average molecular weight is 203 g/mol. The van der Waals surface area contributed by atoms with Crippen LogP contribution in [0.5, 0.6) is 0 Å². The fourth-order valence-corrected chi connectivity index (χ4v) is 1.52. The molecule has 14 heavy (non-hydrogen) atoms. The fourth-order valence-electron chi connectivity index (χ4n) is 1.03. The Bertz CT molecular complexity index is 498. The Labute approximate surface area is 84.2 Å². The van der Waals surface area contributed by atoms with Gasteiger partial charge in [0.2, 0.25) is 0 Å². The average Bonchev–Trinajstić information content (AvgIpc) is 2.65. The van der Waals surface area contributed by atoms with Gasteiger partial charge >= 0.3 is 0 Å². The molecule has 2 rings (SSSR count). The van der Waals surface area contributed by atoms with Gasteiger partial charge in [0.15, 0.2) is 5.82 Å². The molecule has 5 nitrogen and oxygen atoms in total. The molecule has 2 aromatic rings. The van der Waals surface area contributed by atoms with Crippen LogP contribution in [0.25, 0.3) is 11.3 Å². The molecule has 0 radical (unpaired) electrons. The summed E-state index contributed by atoms with van der Waals surface area (Å²) >= 11 is 1.04. The Balaban J connectivity index is 2.53. The molecular formula is C8H5N5S. The summed E-state index contributed by atoms with van der Waals surface area (Å²) in [7, 11) is 0. The molecule has 0 aliphatic rings. The lowest BCUT2D eigenvalue weighted by Gasteiger charge is -1.96. The van der Waals surface area contributed by atoms with Crippen LogP contribution in [-0.2, 0) is 0 Å². The number of nitriles is 1. The Morgan fingerprint density at radius 1 is 1.36 bits per heavy atom. The van der Waals surface area contributed by atoms with E-state index in [2.05, 4.69) is 13.7 Å². The summed E-state index contributed by atoms with van der Waals surface area (Å²) < 4.78 is 7.86. The maximum Gasteiger partial charge on any atom is 0.165 e. The highest BCUT2D eigenvalue weighted by Gasteiger charge is 2.07. The number of hydrogen-bond donors (Lipinski definition) is 1. The molecule has 0 fully saturated rings. The van der Waals surface area contributed by atoms with Crippen molar-refractivity contribution in [3.8, 4) is 17.3 Å². The van der Waals surface area contributed by atoms with Crippen LogP contribution < -0.4 is 5.73 Å².